The van der Waals surface area contributed by atoms with Crippen LogP contribution in [0.3, 0.4) is 0 Å². The molecule has 0 amide bonds. The fourth-order valence-corrected chi connectivity index (χ4v) is 3.13. The fourth-order valence-electron chi connectivity index (χ4n) is 2.87. The molecule has 0 spiro atoms. The molecular formula is C15H19ClN4. The Morgan fingerprint density at radius 1 is 1.45 bits per heavy atom. The van der Waals surface area contributed by atoms with E-state index in [4.69, 9.17) is 16.9 Å². The van der Waals surface area contributed by atoms with E-state index in [1.165, 1.54) is 25.7 Å². The first-order chi connectivity index (χ1) is 9.79. The number of hydrogen-bond donors (Lipinski definition) is 1. The molecular weight excluding hydrogens is 272 g/mol. The molecule has 1 N–H and O–H groups in total. The maximum atomic E-state index is 9.11. The molecule has 2 aliphatic rings. The molecule has 1 aliphatic carbocycles. The van der Waals surface area contributed by atoms with Crippen LogP contribution in [0, 0.1) is 17.2 Å². The van der Waals surface area contributed by atoms with Crippen molar-refractivity contribution in [2.24, 2.45) is 5.92 Å². The summed E-state index contributed by atoms with van der Waals surface area (Å²) in [6.45, 7) is 3.18. The normalized spacial score (nSPS) is 22.3. The first-order valence-corrected chi connectivity index (χ1v) is 7.69. The van der Waals surface area contributed by atoms with Gasteiger partial charge >= 0.3 is 0 Å². The van der Waals surface area contributed by atoms with Crippen molar-refractivity contribution in [2.75, 3.05) is 24.5 Å². The van der Waals surface area contributed by atoms with E-state index >= 15 is 0 Å². The molecule has 2 fully saturated rings. The monoisotopic (exact) mass is 290 g/mol. The minimum absolute atomic E-state index is 0.505. The maximum Gasteiger partial charge on any atom is 0.148 e. The summed E-state index contributed by atoms with van der Waals surface area (Å²) in [5, 5.41) is 13.1. The van der Waals surface area contributed by atoms with E-state index in [1.54, 1.807) is 12.3 Å². The molecule has 1 aromatic rings. The predicted octanol–water partition coefficient (Wildman–Crippen LogP) is 2.58. The van der Waals surface area contributed by atoms with Gasteiger partial charge in [-0.05, 0) is 50.8 Å². The van der Waals surface area contributed by atoms with Gasteiger partial charge in [0.2, 0.25) is 0 Å². The van der Waals surface area contributed by atoms with Crippen LogP contribution in [-0.4, -0.2) is 30.7 Å². The number of hydrogen-bond acceptors (Lipinski definition) is 4. The van der Waals surface area contributed by atoms with E-state index in [9.17, 15) is 0 Å². The third-order valence-corrected chi connectivity index (χ3v) is 4.48. The summed E-state index contributed by atoms with van der Waals surface area (Å²) in [7, 11) is 0. The Bertz CT molecular complexity index is 515. The lowest BCUT2D eigenvalue weighted by Gasteiger charge is -2.31. The second kappa shape index (κ2) is 5.99. The van der Waals surface area contributed by atoms with Crippen molar-refractivity contribution >= 4 is 17.4 Å². The van der Waals surface area contributed by atoms with Crippen LogP contribution in [0.5, 0.6) is 0 Å². The van der Waals surface area contributed by atoms with Gasteiger partial charge in [0.05, 0.1) is 5.56 Å². The Morgan fingerprint density at radius 2 is 2.30 bits per heavy atom. The Hall–Kier alpha value is -1.31. The number of rotatable bonds is 4. The molecule has 0 aromatic carbocycles. The zero-order valence-electron chi connectivity index (χ0n) is 11.5. The second-order valence-corrected chi connectivity index (χ2v) is 6.08. The third-order valence-electron chi connectivity index (χ3n) is 4.10. The number of nitriles is 1. The zero-order chi connectivity index (χ0) is 13.9. The summed E-state index contributed by atoms with van der Waals surface area (Å²) >= 11 is 6.35. The highest BCUT2D eigenvalue weighted by atomic mass is 35.5. The highest BCUT2D eigenvalue weighted by Crippen LogP contribution is 2.36. The fraction of sp³-hybridized carbons (Fsp3) is 0.600. The summed E-state index contributed by atoms with van der Waals surface area (Å²) in [6, 6.07) is 4.37. The van der Waals surface area contributed by atoms with Crippen molar-refractivity contribution in [3.63, 3.8) is 0 Å². The van der Waals surface area contributed by atoms with Gasteiger partial charge in [0.1, 0.15) is 16.9 Å². The molecule has 106 valence electrons. The highest BCUT2D eigenvalue weighted by molar-refractivity contribution is 6.34. The van der Waals surface area contributed by atoms with Gasteiger partial charge in [-0.25, -0.2) is 4.98 Å². The van der Waals surface area contributed by atoms with Crippen LogP contribution >= 0.6 is 11.6 Å². The van der Waals surface area contributed by atoms with E-state index in [2.05, 4.69) is 21.3 Å². The van der Waals surface area contributed by atoms with Crippen LogP contribution < -0.4 is 10.2 Å². The van der Waals surface area contributed by atoms with E-state index in [0.717, 1.165) is 25.5 Å². The average Bonchev–Trinajstić information content (AvgIpc) is 3.31. The molecule has 1 unspecified atom stereocenters. The van der Waals surface area contributed by atoms with Crippen molar-refractivity contribution < 1.29 is 0 Å². The lowest BCUT2D eigenvalue weighted by atomic mass is 9.99. The van der Waals surface area contributed by atoms with Crippen molar-refractivity contribution in [2.45, 2.75) is 31.7 Å². The molecule has 2 heterocycles. The third kappa shape index (κ3) is 2.89. The molecule has 5 heteroatoms. The molecule has 1 saturated carbocycles. The lowest BCUT2D eigenvalue weighted by Crippen LogP contribution is -2.39. The summed E-state index contributed by atoms with van der Waals surface area (Å²) < 4.78 is 0. The largest absolute Gasteiger partial charge is 0.352 e. The summed E-state index contributed by atoms with van der Waals surface area (Å²) in [5.41, 5.74) is 0.518. The van der Waals surface area contributed by atoms with Gasteiger partial charge in [-0.1, -0.05) is 11.6 Å². The summed E-state index contributed by atoms with van der Waals surface area (Å²) in [6.07, 6.45) is 6.59. The topological polar surface area (TPSA) is 52.0 Å². The second-order valence-electron chi connectivity index (χ2n) is 5.70. The molecule has 0 bridgehead atoms. The number of nitrogens with zero attached hydrogens (tertiary/aromatic N) is 3. The minimum Gasteiger partial charge on any atom is -0.352 e. The van der Waals surface area contributed by atoms with Crippen LogP contribution in [-0.2, 0) is 0 Å². The molecule has 1 aromatic heterocycles. The zero-order valence-corrected chi connectivity index (χ0v) is 12.2. The van der Waals surface area contributed by atoms with Crippen LogP contribution in [0.15, 0.2) is 12.3 Å². The van der Waals surface area contributed by atoms with E-state index in [-0.39, 0.29) is 0 Å². The van der Waals surface area contributed by atoms with Gasteiger partial charge < -0.3 is 10.2 Å². The van der Waals surface area contributed by atoms with Gasteiger partial charge in [0.15, 0.2) is 0 Å². The molecule has 1 aliphatic heterocycles. The number of piperidine rings is 1. The Balaban J connectivity index is 1.81. The molecule has 1 atom stereocenters. The smallest absolute Gasteiger partial charge is 0.148 e. The van der Waals surface area contributed by atoms with Gasteiger partial charge in [0.25, 0.3) is 0 Å². The Kier molecular flexibility index (Phi) is 4.09. The van der Waals surface area contributed by atoms with E-state index in [0.29, 0.717) is 22.5 Å². The van der Waals surface area contributed by atoms with Crippen molar-refractivity contribution in [3.05, 3.63) is 22.8 Å². The molecule has 20 heavy (non-hydrogen) atoms. The van der Waals surface area contributed by atoms with Crippen molar-refractivity contribution in [1.82, 2.24) is 10.3 Å². The number of nitrogens with one attached hydrogen (secondary N) is 1. The first-order valence-electron chi connectivity index (χ1n) is 7.31. The first kappa shape index (κ1) is 13.7. The van der Waals surface area contributed by atoms with Crippen LogP contribution in [0.25, 0.3) is 0 Å². The van der Waals surface area contributed by atoms with E-state index in [1.807, 2.05) is 0 Å². The molecule has 0 radical (unpaired) electrons. The van der Waals surface area contributed by atoms with Gasteiger partial charge in [-0.15, -0.1) is 0 Å². The average molecular weight is 291 g/mol. The van der Waals surface area contributed by atoms with Gasteiger partial charge in [-0.3, -0.25) is 0 Å². The van der Waals surface area contributed by atoms with Gasteiger partial charge in [0, 0.05) is 18.8 Å². The van der Waals surface area contributed by atoms with Gasteiger partial charge in [-0.2, -0.15) is 5.26 Å². The number of anilines is 1. The summed E-state index contributed by atoms with van der Waals surface area (Å²) in [4.78, 5) is 6.76. The maximum absolute atomic E-state index is 9.11. The van der Waals surface area contributed by atoms with Crippen LogP contribution in [0.2, 0.25) is 5.02 Å². The number of pyridine rings is 1. The molecule has 3 rings (SSSR count). The quantitative estimate of drug-likeness (QED) is 0.926. The number of halogens is 1. The Labute approximate surface area is 124 Å². The van der Waals surface area contributed by atoms with E-state index < -0.39 is 0 Å². The van der Waals surface area contributed by atoms with Crippen LogP contribution in [0.4, 0.5) is 5.82 Å². The minimum atomic E-state index is 0.505. The standard InChI is InChI=1S/C15H19ClN4/c16-14-12(8-17)5-7-19-15(14)20(13-3-4-13)10-11-2-1-6-18-9-11/h5,7,11,13,18H,1-4,6,9-10H2. The highest BCUT2D eigenvalue weighted by Gasteiger charge is 2.33. The molecule has 4 nitrogen and oxygen atoms in total. The van der Waals surface area contributed by atoms with Crippen molar-refractivity contribution in [3.8, 4) is 6.07 Å². The summed E-state index contributed by atoms with van der Waals surface area (Å²) in [5.74, 6) is 1.44. The molecule has 1 saturated heterocycles. The van der Waals surface area contributed by atoms with Crippen molar-refractivity contribution in [1.29, 1.82) is 5.26 Å². The predicted molar refractivity (Wildman–Crippen MR) is 79.9 cm³/mol. The SMILES string of the molecule is N#Cc1ccnc(N(CC2CCCNC2)C2CC2)c1Cl. The van der Waals surface area contributed by atoms with Crippen LogP contribution in [0.1, 0.15) is 31.2 Å². The number of aromatic nitrogens is 1. The Morgan fingerprint density at radius 3 is 2.95 bits per heavy atom. The lowest BCUT2D eigenvalue weighted by molar-refractivity contribution is 0.375.